The molecule has 1 heterocycles. The summed E-state index contributed by atoms with van der Waals surface area (Å²) in [5, 5.41) is 3.82. The zero-order valence-electron chi connectivity index (χ0n) is 14.6. The average molecular weight is 296 g/mol. The number of rotatable bonds is 6. The maximum Gasteiger partial charge on any atom is 0.0678 e. The highest BCUT2D eigenvalue weighted by Crippen LogP contribution is 2.32. The Labute approximate surface area is 131 Å². The van der Waals surface area contributed by atoms with Gasteiger partial charge in [0.2, 0.25) is 0 Å². The van der Waals surface area contributed by atoms with E-state index in [1.54, 1.807) is 0 Å². The molecule has 0 bridgehead atoms. The van der Waals surface area contributed by atoms with Gasteiger partial charge < -0.3 is 10.1 Å². The molecule has 124 valence electrons. The van der Waals surface area contributed by atoms with Gasteiger partial charge in [0, 0.05) is 25.7 Å². The van der Waals surface area contributed by atoms with E-state index in [9.17, 15) is 0 Å². The zero-order chi connectivity index (χ0) is 15.2. The summed E-state index contributed by atoms with van der Waals surface area (Å²) in [7, 11) is 0. The monoisotopic (exact) mass is 296 g/mol. The van der Waals surface area contributed by atoms with E-state index in [2.05, 4.69) is 37.9 Å². The first kappa shape index (κ1) is 17.2. The first-order valence-electron chi connectivity index (χ1n) is 9.23. The number of hydrogen-bond donors (Lipinski definition) is 1. The molecule has 2 fully saturated rings. The van der Waals surface area contributed by atoms with Crippen LogP contribution >= 0.6 is 0 Å². The molecule has 1 saturated carbocycles. The standard InChI is InChI=1S/C18H36N2O/c1-5-9-19-18-8-7-16(6-2)10-17(18)13-20-11-14(3)21-15(4)12-20/h14-19H,5-13H2,1-4H3/t14-,15+,16?,17?,18?. The van der Waals surface area contributed by atoms with Crippen molar-refractivity contribution in [2.24, 2.45) is 11.8 Å². The normalized spacial score (nSPS) is 38.6. The van der Waals surface area contributed by atoms with Crippen LogP contribution in [0.5, 0.6) is 0 Å². The molecule has 0 aromatic heterocycles. The Hall–Kier alpha value is -0.120. The molecular formula is C18H36N2O. The van der Waals surface area contributed by atoms with Crippen LogP contribution in [0.15, 0.2) is 0 Å². The average Bonchev–Trinajstić information content (AvgIpc) is 2.44. The lowest BCUT2D eigenvalue weighted by Gasteiger charge is -2.42. The number of nitrogens with zero attached hydrogens (tertiary/aromatic N) is 1. The minimum Gasteiger partial charge on any atom is -0.373 e. The smallest absolute Gasteiger partial charge is 0.0678 e. The summed E-state index contributed by atoms with van der Waals surface area (Å²) in [5.41, 5.74) is 0. The Balaban J connectivity index is 1.91. The molecule has 1 saturated heterocycles. The third-order valence-corrected chi connectivity index (χ3v) is 5.31. The van der Waals surface area contributed by atoms with E-state index in [1.807, 2.05) is 0 Å². The van der Waals surface area contributed by atoms with E-state index in [1.165, 1.54) is 45.2 Å². The van der Waals surface area contributed by atoms with Gasteiger partial charge in [0.1, 0.15) is 0 Å². The van der Waals surface area contributed by atoms with Crippen LogP contribution in [0.4, 0.5) is 0 Å². The van der Waals surface area contributed by atoms with Crippen LogP contribution in [-0.4, -0.2) is 49.3 Å². The summed E-state index contributed by atoms with van der Waals surface area (Å²) in [6.45, 7) is 13.7. The Morgan fingerprint density at radius 2 is 1.81 bits per heavy atom. The Kier molecular flexibility index (Phi) is 6.97. The van der Waals surface area contributed by atoms with Crippen molar-refractivity contribution >= 4 is 0 Å². The van der Waals surface area contributed by atoms with Crippen molar-refractivity contribution < 1.29 is 4.74 Å². The van der Waals surface area contributed by atoms with Crippen molar-refractivity contribution in [3.8, 4) is 0 Å². The SMILES string of the molecule is CCCNC1CCC(CC)CC1CN1C[C@@H](C)O[C@@H](C)C1. The second-order valence-electron chi connectivity index (χ2n) is 7.38. The first-order chi connectivity index (χ1) is 10.1. The molecular weight excluding hydrogens is 260 g/mol. The molecule has 3 nitrogen and oxygen atoms in total. The van der Waals surface area contributed by atoms with Crippen LogP contribution in [-0.2, 0) is 4.74 Å². The van der Waals surface area contributed by atoms with Gasteiger partial charge in [-0.2, -0.15) is 0 Å². The van der Waals surface area contributed by atoms with Crippen molar-refractivity contribution in [1.29, 1.82) is 0 Å². The van der Waals surface area contributed by atoms with E-state index in [4.69, 9.17) is 4.74 Å². The largest absolute Gasteiger partial charge is 0.373 e. The quantitative estimate of drug-likeness (QED) is 0.814. The van der Waals surface area contributed by atoms with Crippen LogP contribution in [0.25, 0.3) is 0 Å². The Bertz CT molecular complexity index is 287. The van der Waals surface area contributed by atoms with Crippen LogP contribution in [0.2, 0.25) is 0 Å². The van der Waals surface area contributed by atoms with Gasteiger partial charge in [-0.1, -0.05) is 20.3 Å². The topological polar surface area (TPSA) is 24.5 Å². The predicted octanol–water partition coefficient (Wildman–Crippen LogP) is 3.29. The molecule has 0 amide bonds. The zero-order valence-corrected chi connectivity index (χ0v) is 14.6. The van der Waals surface area contributed by atoms with Crippen molar-refractivity contribution in [3.05, 3.63) is 0 Å². The lowest BCUT2D eigenvalue weighted by molar-refractivity contribution is -0.0744. The molecule has 2 rings (SSSR count). The van der Waals surface area contributed by atoms with Crippen LogP contribution in [0.1, 0.15) is 59.8 Å². The maximum absolute atomic E-state index is 5.88. The van der Waals surface area contributed by atoms with Gasteiger partial charge >= 0.3 is 0 Å². The van der Waals surface area contributed by atoms with Crippen molar-refractivity contribution in [1.82, 2.24) is 10.2 Å². The Morgan fingerprint density at radius 3 is 2.43 bits per heavy atom. The molecule has 1 aliphatic carbocycles. The minimum atomic E-state index is 0.390. The third kappa shape index (κ3) is 5.22. The fourth-order valence-corrected chi connectivity index (χ4v) is 4.30. The summed E-state index contributed by atoms with van der Waals surface area (Å²) in [4.78, 5) is 2.65. The van der Waals surface area contributed by atoms with Crippen LogP contribution < -0.4 is 5.32 Å². The van der Waals surface area contributed by atoms with E-state index < -0.39 is 0 Å². The molecule has 21 heavy (non-hydrogen) atoms. The highest BCUT2D eigenvalue weighted by Gasteiger charge is 2.32. The molecule has 3 unspecified atom stereocenters. The molecule has 3 heteroatoms. The molecule has 0 radical (unpaired) electrons. The summed E-state index contributed by atoms with van der Waals surface area (Å²) < 4.78 is 5.88. The molecule has 0 aromatic rings. The molecule has 5 atom stereocenters. The second kappa shape index (κ2) is 8.50. The predicted molar refractivity (Wildman–Crippen MR) is 89.7 cm³/mol. The fourth-order valence-electron chi connectivity index (χ4n) is 4.30. The van der Waals surface area contributed by atoms with Gasteiger partial charge in [-0.25, -0.2) is 0 Å². The number of nitrogens with one attached hydrogen (secondary N) is 1. The molecule has 0 aromatic carbocycles. The van der Waals surface area contributed by atoms with E-state index in [0.29, 0.717) is 12.2 Å². The molecule has 1 N–H and O–H groups in total. The summed E-state index contributed by atoms with van der Waals surface area (Å²) in [5.74, 6) is 1.78. The lowest BCUT2D eigenvalue weighted by atomic mass is 9.76. The molecule has 0 spiro atoms. The fraction of sp³-hybridized carbons (Fsp3) is 1.00. The van der Waals surface area contributed by atoms with E-state index >= 15 is 0 Å². The molecule has 1 aliphatic heterocycles. The third-order valence-electron chi connectivity index (χ3n) is 5.31. The highest BCUT2D eigenvalue weighted by molar-refractivity contribution is 4.87. The number of morpholine rings is 1. The van der Waals surface area contributed by atoms with Gasteiger partial charge in [-0.15, -0.1) is 0 Å². The van der Waals surface area contributed by atoms with Gasteiger partial charge in [-0.3, -0.25) is 4.90 Å². The van der Waals surface area contributed by atoms with Crippen molar-refractivity contribution in [3.63, 3.8) is 0 Å². The summed E-state index contributed by atoms with van der Waals surface area (Å²) >= 11 is 0. The van der Waals surface area contributed by atoms with Crippen LogP contribution in [0, 0.1) is 11.8 Å². The molecule has 2 aliphatic rings. The van der Waals surface area contributed by atoms with E-state index in [0.717, 1.165) is 31.0 Å². The van der Waals surface area contributed by atoms with Gasteiger partial charge in [-0.05, 0) is 57.9 Å². The second-order valence-corrected chi connectivity index (χ2v) is 7.38. The van der Waals surface area contributed by atoms with E-state index in [-0.39, 0.29) is 0 Å². The number of ether oxygens (including phenoxy) is 1. The maximum atomic E-state index is 5.88. The summed E-state index contributed by atoms with van der Waals surface area (Å²) in [6, 6.07) is 0.737. The van der Waals surface area contributed by atoms with Crippen LogP contribution in [0.3, 0.4) is 0 Å². The Morgan fingerprint density at radius 1 is 1.10 bits per heavy atom. The van der Waals surface area contributed by atoms with Crippen molar-refractivity contribution in [2.45, 2.75) is 78.0 Å². The first-order valence-corrected chi connectivity index (χ1v) is 9.23. The van der Waals surface area contributed by atoms with Crippen molar-refractivity contribution in [2.75, 3.05) is 26.2 Å². The van der Waals surface area contributed by atoms with Gasteiger partial charge in [0.15, 0.2) is 0 Å². The highest BCUT2D eigenvalue weighted by atomic mass is 16.5. The minimum absolute atomic E-state index is 0.390. The summed E-state index contributed by atoms with van der Waals surface area (Å²) in [6.07, 6.45) is 7.59. The number of hydrogen-bond acceptors (Lipinski definition) is 3. The van der Waals surface area contributed by atoms with Gasteiger partial charge in [0.05, 0.1) is 12.2 Å². The lowest BCUT2D eigenvalue weighted by Crippen LogP contribution is -2.51. The van der Waals surface area contributed by atoms with Gasteiger partial charge in [0.25, 0.3) is 0 Å².